The molecule has 1 heterocycles. The topological polar surface area (TPSA) is 64.0 Å². The molecule has 1 rings (SSSR count). The number of hydrogen-bond donors (Lipinski definition) is 1. The highest BCUT2D eigenvalue weighted by molar-refractivity contribution is 7.90. The van der Waals surface area contributed by atoms with Gasteiger partial charge in [-0.15, -0.1) is 0 Å². The second-order valence-electron chi connectivity index (χ2n) is 3.80. The Hall–Kier alpha value is -1.04. The molecule has 1 aromatic rings. The van der Waals surface area contributed by atoms with Crippen LogP contribution in [0.25, 0.3) is 0 Å². The monoisotopic (exact) mass is 231 g/mol. The van der Waals surface area contributed by atoms with Crippen molar-refractivity contribution in [2.24, 2.45) is 0 Å². The van der Waals surface area contributed by atoms with E-state index in [4.69, 9.17) is 0 Å². The molecule has 0 radical (unpaired) electrons. The summed E-state index contributed by atoms with van der Waals surface area (Å²) in [5.74, 6) is 0.820. The van der Waals surface area contributed by atoms with Gasteiger partial charge in [0.1, 0.15) is 9.84 Å². The number of anilines is 1. The molecule has 1 N–H and O–H groups in total. The van der Waals surface area contributed by atoms with Crippen LogP contribution in [0.1, 0.15) is 18.7 Å². The van der Waals surface area contributed by atoms with Crippen LogP contribution in [0.3, 0.4) is 0 Å². The molecule has 0 saturated carbocycles. The molecule has 1 aromatic heterocycles. The normalized spacial score (nSPS) is 13.9. The molecule has 0 aliphatic carbocycles. The van der Waals surface area contributed by atoms with Crippen LogP contribution >= 0.6 is 0 Å². The van der Waals surface area contributed by atoms with Gasteiger partial charge in [-0.25, -0.2) is 13.4 Å². The lowest BCUT2D eigenvalue weighted by Gasteiger charge is -2.14. The van der Waals surface area contributed by atoms with E-state index in [9.17, 15) is 8.42 Å². The average Bonchev–Trinajstić information content (AvgIpc) is 2.43. The van der Waals surface area contributed by atoms with Crippen molar-refractivity contribution in [1.29, 1.82) is 0 Å². The molecule has 86 valence electrons. The van der Waals surface area contributed by atoms with Gasteiger partial charge in [-0.2, -0.15) is 0 Å². The quantitative estimate of drug-likeness (QED) is 0.834. The summed E-state index contributed by atoms with van der Waals surface area (Å²) < 4.78 is 24.2. The minimum Gasteiger partial charge on any atom is -0.359 e. The third-order valence-electron chi connectivity index (χ3n) is 2.10. The smallest absolute Gasteiger partial charge is 0.203 e. The molecule has 15 heavy (non-hydrogen) atoms. The predicted octanol–water partition coefficient (Wildman–Crippen LogP) is 0.839. The van der Waals surface area contributed by atoms with E-state index >= 15 is 0 Å². The highest BCUT2D eigenvalue weighted by Crippen LogP contribution is 2.16. The van der Waals surface area contributed by atoms with Crippen molar-refractivity contribution in [2.45, 2.75) is 19.9 Å². The van der Waals surface area contributed by atoms with Crippen LogP contribution in [0, 0.1) is 6.92 Å². The third-order valence-corrected chi connectivity index (χ3v) is 3.18. The number of nitrogens with one attached hydrogen (secondary N) is 1. The number of aromatic nitrogens is 2. The summed E-state index contributed by atoms with van der Waals surface area (Å²) in [7, 11) is -1.19. The summed E-state index contributed by atoms with van der Waals surface area (Å²) in [5.41, 5.74) is 0.875. The number of hydrogen-bond acceptors (Lipinski definition) is 4. The highest BCUT2D eigenvalue weighted by Gasteiger charge is 2.15. The molecule has 0 bridgehead atoms. The standard InChI is InChI=1S/C9H17N3O2S/c1-7-5-12(9(10-3)11-7)8(2)6-15(4,13)14/h5,8H,6H2,1-4H3,(H,10,11). The first kappa shape index (κ1) is 12.0. The predicted molar refractivity (Wildman–Crippen MR) is 60.9 cm³/mol. The van der Waals surface area contributed by atoms with Gasteiger partial charge in [0.2, 0.25) is 5.95 Å². The van der Waals surface area contributed by atoms with Gasteiger partial charge in [0.25, 0.3) is 0 Å². The lowest BCUT2D eigenvalue weighted by molar-refractivity contribution is 0.564. The molecule has 0 fully saturated rings. The first-order valence-electron chi connectivity index (χ1n) is 4.74. The van der Waals surface area contributed by atoms with Gasteiger partial charge in [0, 0.05) is 25.5 Å². The zero-order valence-electron chi connectivity index (χ0n) is 9.48. The van der Waals surface area contributed by atoms with Gasteiger partial charge >= 0.3 is 0 Å². The van der Waals surface area contributed by atoms with Crippen molar-refractivity contribution in [2.75, 3.05) is 24.4 Å². The lowest BCUT2D eigenvalue weighted by Crippen LogP contribution is -2.17. The lowest BCUT2D eigenvalue weighted by atomic mass is 10.4. The highest BCUT2D eigenvalue weighted by atomic mass is 32.2. The summed E-state index contributed by atoms with van der Waals surface area (Å²) in [6, 6.07) is -0.108. The number of aryl methyl sites for hydroxylation is 1. The fourth-order valence-corrected chi connectivity index (χ4v) is 2.59. The second-order valence-corrected chi connectivity index (χ2v) is 5.99. The van der Waals surface area contributed by atoms with Crippen molar-refractivity contribution in [3.8, 4) is 0 Å². The summed E-state index contributed by atoms with van der Waals surface area (Å²) >= 11 is 0. The number of rotatable bonds is 4. The Balaban J connectivity index is 2.95. The Bertz CT molecular complexity index is 436. The van der Waals surface area contributed by atoms with E-state index in [2.05, 4.69) is 10.3 Å². The van der Waals surface area contributed by atoms with E-state index in [1.54, 1.807) is 7.05 Å². The average molecular weight is 231 g/mol. The van der Waals surface area contributed by atoms with E-state index in [1.807, 2.05) is 24.6 Å². The summed E-state index contributed by atoms with van der Waals surface area (Å²) in [6.45, 7) is 3.74. The van der Waals surface area contributed by atoms with E-state index in [-0.39, 0.29) is 11.8 Å². The molecular weight excluding hydrogens is 214 g/mol. The van der Waals surface area contributed by atoms with Gasteiger partial charge in [-0.1, -0.05) is 0 Å². The molecule has 0 aromatic carbocycles. The zero-order chi connectivity index (χ0) is 11.6. The van der Waals surface area contributed by atoms with Gasteiger partial charge < -0.3 is 9.88 Å². The fraction of sp³-hybridized carbons (Fsp3) is 0.667. The van der Waals surface area contributed by atoms with Crippen LogP contribution < -0.4 is 5.32 Å². The van der Waals surface area contributed by atoms with Gasteiger partial charge in [0.05, 0.1) is 11.4 Å². The van der Waals surface area contributed by atoms with Crippen molar-refractivity contribution in [3.63, 3.8) is 0 Å². The van der Waals surface area contributed by atoms with Gasteiger partial charge in [-0.3, -0.25) is 0 Å². The Labute approximate surface area is 90.4 Å². The van der Waals surface area contributed by atoms with Gasteiger partial charge in [-0.05, 0) is 13.8 Å². The maximum absolute atomic E-state index is 11.2. The SMILES string of the molecule is CNc1nc(C)cn1C(C)CS(C)(=O)=O. The van der Waals surface area contributed by atoms with Crippen LogP contribution in [-0.2, 0) is 9.84 Å². The van der Waals surface area contributed by atoms with Crippen molar-refractivity contribution in [3.05, 3.63) is 11.9 Å². The van der Waals surface area contributed by atoms with Crippen LogP contribution in [0.15, 0.2) is 6.20 Å². The summed E-state index contributed by atoms with van der Waals surface area (Å²) in [4.78, 5) is 4.24. The zero-order valence-corrected chi connectivity index (χ0v) is 10.3. The van der Waals surface area contributed by atoms with Crippen molar-refractivity contribution >= 4 is 15.8 Å². The molecule has 0 aliphatic rings. The Morgan fingerprint density at radius 1 is 1.60 bits per heavy atom. The molecule has 1 unspecified atom stereocenters. The first-order chi connectivity index (χ1) is 6.83. The van der Waals surface area contributed by atoms with E-state index in [0.717, 1.165) is 5.69 Å². The third kappa shape index (κ3) is 3.23. The molecule has 1 atom stereocenters. The molecular formula is C9H17N3O2S. The van der Waals surface area contributed by atoms with Gasteiger partial charge in [0.15, 0.2) is 0 Å². The number of imidazole rings is 1. The van der Waals surface area contributed by atoms with Crippen molar-refractivity contribution < 1.29 is 8.42 Å². The van der Waals surface area contributed by atoms with Crippen LogP contribution in [0.4, 0.5) is 5.95 Å². The van der Waals surface area contributed by atoms with E-state index in [0.29, 0.717) is 5.95 Å². The maximum Gasteiger partial charge on any atom is 0.203 e. The van der Waals surface area contributed by atoms with Crippen LogP contribution in [0.2, 0.25) is 0 Å². The number of sulfone groups is 1. The molecule has 0 amide bonds. The Morgan fingerprint density at radius 3 is 2.67 bits per heavy atom. The molecule has 6 heteroatoms. The summed E-state index contributed by atoms with van der Waals surface area (Å²) in [6.07, 6.45) is 3.09. The summed E-state index contributed by atoms with van der Waals surface area (Å²) in [5, 5.41) is 2.94. The minimum absolute atomic E-state index is 0.108. The van der Waals surface area contributed by atoms with Crippen LogP contribution in [-0.4, -0.2) is 37.0 Å². The molecule has 5 nitrogen and oxygen atoms in total. The molecule has 0 saturated heterocycles. The van der Waals surface area contributed by atoms with Crippen molar-refractivity contribution in [1.82, 2.24) is 9.55 Å². The van der Waals surface area contributed by atoms with E-state index in [1.165, 1.54) is 6.26 Å². The fourth-order valence-electron chi connectivity index (χ4n) is 1.56. The minimum atomic E-state index is -2.96. The Kier molecular flexibility index (Phi) is 3.38. The maximum atomic E-state index is 11.2. The first-order valence-corrected chi connectivity index (χ1v) is 6.80. The Morgan fingerprint density at radius 2 is 2.20 bits per heavy atom. The largest absolute Gasteiger partial charge is 0.359 e. The molecule has 0 aliphatic heterocycles. The second kappa shape index (κ2) is 4.22. The van der Waals surface area contributed by atoms with Crippen LogP contribution in [0.5, 0.6) is 0 Å². The molecule has 0 spiro atoms. The number of nitrogens with zero attached hydrogens (tertiary/aromatic N) is 2. The van der Waals surface area contributed by atoms with E-state index < -0.39 is 9.84 Å².